The molecule has 1 heterocycles. The van der Waals surface area contributed by atoms with Crippen molar-refractivity contribution in [3.63, 3.8) is 0 Å². The predicted octanol–water partition coefficient (Wildman–Crippen LogP) is 1.96. The molecule has 1 aliphatic carbocycles. The molecule has 21 heavy (non-hydrogen) atoms. The van der Waals surface area contributed by atoms with Crippen LogP contribution in [-0.4, -0.2) is 42.6 Å². The molecule has 1 saturated carbocycles. The van der Waals surface area contributed by atoms with Gasteiger partial charge in [0.1, 0.15) is 11.9 Å². The van der Waals surface area contributed by atoms with Crippen LogP contribution in [0.25, 0.3) is 0 Å². The van der Waals surface area contributed by atoms with E-state index in [2.05, 4.69) is 5.32 Å². The third kappa shape index (κ3) is 3.36. The van der Waals surface area contributed by atoms with Gasteiger partial charge in [0.2, 0.25) is 5.91 Å². The first-order valence-electron chi connectivity index (χ1n) is 7.21. The maximum Gasteiger partial charge on any atom is 0.242 e. The summed E-state index contributed by atoms with van der Waals surface area (Å²) in [5.74, 6) is -0.398. The van der Waals surface area contributed by atoms with E-state index >= 15 is 0 Å². The molecule has 0 radical (unpaired) electrons. The number of carbonyl (C=O) groups is 1. The Morgan fingerprint density at radius 3 is 2.90 bits per heavy atom. The van der Waals surface area contributed by atoms with Crippen LogP contribution in [0, 0.1) is 5.82 Å². The van der Waals surface area contributed by atoms with Gasteiger partial charge in [-0.25, -0.2) is 4.39 Å². The molecule has 0 bridgehead atoms. The maximum absolute atomic E-state index is 13.9. The Balaban J connectivity index is 1.77. The number of hydrogen-bond acceptors (Lipinski definition) is 3. The molecular formula is C15H18ClFN2O2. The van der Waals surface area contributed by atoms with Gasteiger partial charge in [0.15, 0.2) is 0 Å². The Bertz CT molecular complexity index is 510. The largest absolute Gasteiger partial charge is 0.378 e. The topological polar surface area (TPSA) is 41.6 Å². The minimum absolute atomic E-state index is 0.0310. The molecule has 1 aromatic rings. The van der Waals surface area contributed by atoms with E-state index in [-0.39, 0.29) is 30.4 Å². The average molecular weight is 313 g/mol. The highest BCUT2D eigenvalue weighted by Crippen LogP contribution is 2.31. The van der Waals surface area contributed by atoms with Crippen LogP contribution in [0.5, 0.6) is 0 Å². The van der Waals surface area contributed by atoms with Crippen LogP contribution >= 0.6 is 11.6 Å². The van der Waals surface area contributed by atoms with Crippen molar-refractivity contribution in [3.05, 3.63) is 34.6 Å². The summed E-state index contributed by atoms with van der Waals surface area (Å²) in [6, 6.07) is 4.44. The number of halogens is 2. The number of amides is 1. The van der Waals surface area contributed by atoms with E-state index in [0.717, 1.165) is 12.8 Å². The van der Waals surface area contributed by atoms with Crippen molar-refractivity contribution >= 4 is 17.5 Å². The van der Waals surface area contributed by atoms with Crippen LogP contribution in [0.1, 0.15) is 18.4 Å². The second-order valence-electron chi connectivity index (χ2n) is 5.48. The quantitative estimate of drug-likeness (QED) is 0.924. The third-order valence-corrected chi connectivity index (χ3v) is 4.23. The molecule has 4 nitrogen and oxygen atoms in total. The normalized spacial score (nSPS) is 22.1. The molecule has 1 amide bonds. The first-order valence-corrected chi connectivity index (χ1v) is 7.59. The highest BCUT2D eigenvalue weighted by molar-refractivity contribution is 6.31. The number of nitrogens with one attached hydrogen (secondary N) is 1. The molecule has 0 spiro atoms. The molecule has 3 rings (SSSR count). The summed E-state index contributed by atoms with van der Waals surface area (Å²) in [4.78, 5) is 14.4. The van der Waals surface area contributed by atoms with Gasteiger partial charge in [-0.1, -0.05) is 17.7 Å². The standard InChI is InChI=1S/C15H18ClFN2O2/c16-12-2-1-3-13(17)11(12)8-19(10-4-5-10)15(20)14-9-21-7-6-18-14/h1-3,10,14,18H,4-9H2. The highest BCUT2D eigenvalue weighted by Gasteiger charge is 2.37. The second-order valence-corrected chi connectivity index (χ2v) is 5.89. The predicted molar refractivity (Wildman–Crippen MR) is 77.6 cm³/mol. The van der Waals surface area contributed by atoms with Gasteiger partial charge in [-0.15, -0.1) is 0 Å². The van der Waals surface area contributed by atoms with Gasteiger partial charge in [0, 0.05) is 23.2 Å². The van der Waals surface area contributed by atoms with Crippen molar-refractivity contribution in [2.75, 3.05) is 19.8 Å². The van der Waals surface area contributed by atoms with E-state index in [1.54, 1.807) is 17.0 Å². The number of carbonyl (C=O) groups excluding carboxylic acids is 1. The fraction of sp³-hybridized carbons (Fsp3) is 0.533. The highest BCUT2D eigenvalue weighted by atomic mass is 35.5. The summed E-state index contributed by atoms with van der Waals surface area (Å²) in [7, 11) is 0. The number of rotatable bonds is 4. The van der Waals surface area contributed by atoms with Gasteiger partial charge in [-0.05, 0) is 25.0 Å². The van der Waals surface area contributed by atoms with E-state index in [0.29, 0.717) is 30.3 Å². The Labute approximate surface area is 128 Å². The van der Waals surface area contributed by atoms with E-state index in [4.69, 9.17) is 16.3 Å². The lowest BCUT2D eigenvalue weighted by Gasteiger charge is -2.30. The van der Waals surface area contributed by atoms with Crippen molar-refractivity contribution in [2.24, 2.45) is 0 Å². The number of benzene rings is 1. The smallest absolute Gasteiger partial charge is 0.242 e. The summed E-state index contributed by atoms with van der Waals surface area (Å²) in [5.41, 5.74) is 0.385. The first kappa shape index (κ1) is 14.8. The van der Waals surface area contributed by atoms with Crippen molar-refractivity contribution in [3.8, 4) is 0 Å². The molecule has 1 aromatic carbocycles. The summed E-state index contributed by atoms with van der Waals surface area (Å²) < 4.78 is 19.3. The summed E-state index contributed by atoms with van der Waals surface area (Å²) in [6.45, 7) is 1.86. The molecular weight excluding hydrogens is 295 g/mol. The number of hydrogen-bond donors (Lipinski definition) is 1. The minimum atomic E-state index is -0.367. The lowest BCUT2D eigenvalue weighted by Crippen LogP contribution is -2.53. The van der Waals surface area contributed by atoms with E-state index in [1.165, 1.54) is 6.07 Å². The first-order chi connectivity index (χ1) is 10.2. The number of nitrogens with zero attached hydrogens (tertiary/aromatic N) is 1. The van der Waals surface area contributed by atoms with E-state index in [1.807, 2.05) is 0 Å². The fourth-order valence-corrected chi connectivity index (χ4v) is 2.77. The lowest BCUT2D eigenvalue weighted by molar-refractivity contribution is -0.137. The lowest BCUT2D eigenvalue weighted by atomic mass is 10.1. The molecule has 0 aromatic heterocycles. The van der Waals surface area contributed by atoms with Gasteiger partial charge >= 0.3 is 0 Å². The molecule has 1 atom stereocenters. The molecule has 2 aliphatic rings. The monoisotopic (exact) mass is 312 g/mol. The second kappa shape index (κ2) is 6.30. The summed E-state index contributed by atoms with van der Waals surface area (Å²) in [5, 5.41) is 3.52. The van der Waals surface area contributed by atoms with Gasteiger partial charge in [0.25, 0.3) is 0 Å². The number of morpholine rings is 1. The van der Waals surface area contributed by atoms with Crippen LogP contribution in [0.3, 0.4) is 0 Å². The summed E-state index contributed by atoms with van der Waals surface area (Å²) in [6.07, 6.45) is 1.93. The van der Waals surface area contributed by atoms with Crippen molar-refractivity contribution in [1.29, 1.82) is 0 Å². The molecule has 1 unspecified atom stereocenters. The maximum atomic E-state index is 13.9. The fourth-order valence-electron chi connectivity index (χ4n) is 2.55. The van der Waals surface area contributed by atoms with Gasteiger partial charge < -0.3 is 15.0 Å². The van der Waals surface area contributed by atoms with Crippen LogP contribution < -0.4 is 5.32 Å². The molecule has 1 saturated heterocycles. The van der Waals surface area contributed by atoms with Gasteiger partial charge in [0.05, 0.1) is 19.8 Å². The Hall–Kier alpha value is -1.17. The van der Waals surface area contributed by atoms with Crippen LogP contribution in [0.2, 0.25) is 5.02 Å². The Kier molecular flexibility index (Phi) is 4.42. The summed E-state index contributed by atoms with van der Waals surface area (Å²) >= 11 is 6.07. The van der Waals surface area contributed by atoms with Crippen molar-refractivity contribution in [2.45, 2.75) is 31.5 Å². The molecule has 1 aliphatic heterocycles. The van der Waals surface area contributed by atoms with Crippen molar-refractivity contribution < 1.29 is 13.9 Å². The zero-order valence-electron chi connectivity index (χ0n) is 11.6. The zero-order valence-corrected chi connectivity index (χ0v) is 12.4. The third-order valence-electron chi connectivity index (χ3n) is 3.88. The number of ether oxygens (including phenoxy) is 1. The van der Waals surface area contributed by atoms with Crippen LogP contribution in [-0.2, 0) is 16.1 Å². The van der Waals surface area contributed by atoms with Crippen LogP contribution in [0.4, 0.5) is 4.39 Å². The SMILES string of the molecule is O=C(C1COCCN1)N(Cc1c(F)cccc1Cl)C1CC1. The average Bonchev–Trinajstić information content (AvgIpc) is 3.32. The Morgan fingerprint density at radius 1 is 1.48 bits per heavy atom. The molecule has 1 N–H and O–H groups in total. The van der Waals surface area contributed by atoms with Gasteiger partial charge in [-0.2, -0.15) is 0 Å². The van der Waals surface area contributed by atoms with Gasteiger partial charge in [-0.3, -0.25) is 4.79 Å². The van der Waals surface area contributed by atoms with Crippen LogP contribution in [0.15, 0.2) is 18.2 Å². The molecule has 2 fully saturated rings. The molecule has 6 heteroatoms. The zero-order chi connectivity index (χ0) is 14.8. The minimum Gasteiger partial charge on any atom is -0.378 e. The van der Waals surface area contributed by atoms with Crippen molar-refractivity contribution in [1.82, 2.24) is 10.2 Å². The Morgan fingerprint density at radius 2 is 2.29 bits per heavy atom. The molecule has 114 valence electrons. The van der Waals surface area contributed by atoms with E-state index in [9.17, 15) is 9.18 Å². The van der Waals surface area contributed by atoms with E-state index < -0.39 is 0 Å².